The van der Waals surface area contributed by atoms with Crippen LogP contribution in [-0.2, 0) is 9.47 Å². The van der Waals surface area contributed by atoms with Crippen LogP contribution in [0.5, 0.6) is 0 Å². The molecule has 0 aromatic carbocycles. The topological polar surface area (TPSA) is 58.9 Å². The van der Waals surface area contributed by atoms with Crippen LogP contribution in [0.15, 0.2) is 25.3 Å². The van der Waals surface area contributed by atoms with Crippen molar-refractivity contribution in [2.45, 2.75) is 37.3 Å². The summed E-state index contributed by atoms with van der Waals surface area (Å²) in [6, 6.07) is 0. The van der Waals surface area contributed by atoms with Gasteiger partial charge >= 0.3 is 0 Å². The number of aliphatic hydroxyl groups is 2. The Bertz CT molecular complexity index is 274. The predicted octanol–water partition coefficient (Wildman–Crippen LogP) is 0.890. The van der Waals surface area contributed by atoms with Crippen LogP contribution in [0.2, 0.25) is 0 Å². The number of rotatable bonds is 6. The highest BCUT2D eigenvalue weighted by Crippen LogP contribution is 2.38. The van der Waals surface area contributed by atoms with Gasteiger partial charge in [0.25, 0.3) is 0 Å². The highest BCUT2D eigenvalue weighted by molar-refractivity contribution is 4.99. The Morgan fingerprint density at radius 1 is 0.944 bits per heavy atom. The van der Waals surface area contributed by atoms with Gasteiger partial charge in [-0.05, 0) is 12.8 Å². The summed E-state index contributed by atoms with van der Waals surface area (Å²) < 4.78 is 11.4. The number of aliphatic hydroxyl groups excluding tert-OH is 2. The molecule has 2 fully saturated rings. The van der Waals surface area contributed by atoms with Gasteiger partial charge in [0.15, 0.2) is 0 Å². The van der Waals surface area contributed by atoms with E-state index < -0.39 is 12.2 Å². The zero-order valence-corrected chi connectivity index (χ0v) is 10.6. The molecule has 0 saturated carbocycles. The summed E-state index contributed by atoms with van der Waals surface area (Å²) in [6.07, 6.45) is 3.32. The standard InChI is InChI=1S/C14H22O4/c1-3-5-11(15)9-7-17-14-10(8-18-13(9)14)12(16)6-4-2/h3-4,9-16H,1-2,5-8H2/t9-,10+,11+,12-,13-,14-/m1/s1. The molecule has 0 amide bonds. The van der Waals surface area contributed by atoms with Crippen LogP contribution in [-0.4, -0.2) is 47.8 Å². The molecule has 2 rings (SSSR count). The maximum atomic E-state index is 10.0. The van der Waals surface area contributed by atoms with E-state index in [-0.39, 0.29) is 24.0 Å². The van der Waals surface area contributed by atoms with Crippen molar-refractivity contribution in [3.63, 3.8) is 0 Å². The fourth-order valence-electron chi connectivity index (χ4n) is 2.91. The lowest BCUT2D eigenvalue weighted by atomic mass is 9.88. The maximum absolute atomic E-state index is 10.0. The summed E-state index contributed by atoms with van der Waals surface area (Å²) in [5, 5.41) is 20.0. The van der Waals surface area contributed by atoms with Gasteiger partial charge in [0.2, 0.25) is 0 Å². The van der Waals surface area contributed by atoms with Gasteiger partial charge in [-0.25, -0.2) is 0 Å². The van der Waals surface area contributed by atoms with Crippen molar-refractivity contribution in [1.29, 1.82) is 0 Å². The molecule has 4 nitrogen and oxygen atoms in total. The van der Waals surface area contributed by atoms with Gasteiger partial charge in [0.1, 0.15) is 0 Å². The molecule has 4 heteroatoms. The van der Waals surface area contributed by atoms with Crippen molar-refractivity contribution in [1.82, 2.24) is 0 Å². The third-order valence-corrected chi connectivity index (χ3v) is 3.93. The lowest BCUT2D eigenvalue weighted by Gasteiger charge is -2.21. The van der Waals surface area contributed by atoms with Crippen molar-refractivity contribution in [3.05, 3.63) is 25.3 Å². The first-order valence-electron chi connectivity index (χ1n) is 6.50. The Labute approximate surface area is 108 Å². The van der Waals surface area contributed by atoms with Gasteiger partial charge in [-0.1, -0.05) is 12.2 Å². The van der Waals surface area contributed by atoms with Gasteiger partial charge < -0.3 is 19.7 Å². The highest BCUT2D eigenvalue weighted by atomic mass is 16.6. The molecule has 2 heterocycles. The normalized spacial score (nSPS) is 38.1. The zero-order valence-electron chi connectivity index (χ0n) is 10.6. The molecule has 2 saturated heterocycles. The maximum Gasteiger partial charge on any atom is 0.0916 e. The molecular weight excluding hydrogens is 232 g/mol. The van der Waals surface area contributed by atoms with Crippen LogP contribution in [0.25, 0.3) is 0 Å². The third kappa shape index (κ3) is 2.52. The summed E-state index contributed by atoms with van der Waals surface area (Å²) in [6.45, 7) is 8.24. The molecule has 0 spiro atoms. The Morgan fingerprint density at radius 3 is 1.67 bits per heavy atom. The van der Waals surface area contributed by atoms with E-state index in [1.807, 2.05) is 0 Å². The van der Waals surface area contributed by atoms with Crippen molar-refractivity contribution in [2.24, 2.45) is 11.8 Å². The Kier molecular flexibility index (Phi) is 4.56. The molecule has 102 valence electrons. The molecule has 0 aromatic rings. The molecular formula is C14H22O4. The van der Waals surface area contributed by atoms with E-state index in [4.69, 9.17) is 9.47 Å². The van der Waals surface area contributed by atoms with Crippen molar-refractivity contribution in [2.75, 3.05) is 13.2 Å². The summed E-state index contributed by atoms with van der Waals surface area (Å²) in [5.41, 5.74) is 0. The fraction of sp³-hybridized carbons (Fsp3) is 0.714. The van der Waals surface area contributed by atoms with E-state index in [0.29, 0.717) is 26.1 Å². The predicted molar refractivity (Wildman–Crippen MR) is 68.1 cm³/mol. The monoisotopic (exact) mass is 254 g/mol. The van der Waals surface area contributed by atoms with E-state index in [1.165, 1.54) is 0 Å². The second-order valence-corrected chi connectivity index (χ2v) is 5.11. The lowest BCUT2D eigenvalue weighted by Crippen LogP contribution is -2.35. The number of hydrogen-bond donors (Lipinski definition) is 2. The smallest absolute Gasteiger partial charge is 0.0916 e. The van der Waals surface area contributed by atoms with E-state index in [0.717, 1.165) is 0 Å². The molecule has 0 bridgehead atoms. The van der Waals surface area contributed by atoms with E-state index in [9.17, 15) is 10.2 Å². The van der Waals surface area contributed by atoms with E-state index >= 15 is 0 Å². The van der Waals surface area contributed by atoms with Crippen molar-refractivity contribution in [3.8, 4) is 0 Å². The SMILES string of the molecule is C=CC[C@@H](O)[C@@H]1CO[C@@H]2[C@@H]([C@@H](O)CC=C)CO[C@H]12. The highest BCUT2D eigenvalue weighted by Gasteiger charge is 2.51. The second-order valence-electron chi connectivity index (χ2n) is 5.11. The van der Waals surface area contributed by atoms with Crippen LogP contribution >= 0.6 is 0 Å². The van der Waals surface area contributed by atoms with Crippen LogP contribution in [0.3, 0.4) is 0 Å². The Hall–Kier alpha value is -0.680. The Balaban J connectivity index is 1.98. The minimum absolute atomic E-state index is 0.0195. The van der Waals surface area contributed by atoms with E-state index in [2.05, 4.69) is 13.2 Å². The van der Waals surface area contributed by atoms with E-state index in [1.54, 1.807) is 12.2 Å². The summed E-state index contributed by atoms with van der Waals surface area (Å²) >= 11 is 0. The van der Waals surface area contributed by atoms with Crippen molar-refractivity contribution >= 4 is 0 Å². The molecule has 18 heavy (non-hydrogen) atoms. The molecule has 6 atom stereocenters. The minimum Gasteiger partial charge on any atom is -0.392 e. The average Bonchev–Trinajstić information content (AvgIpc) is 2.89. The Morgan fingerprint density at radius 2 is 1.33 bits per heavy atom. The van der Waals surface area contributed by atoms with Crippen LogP contribution in [0, 0.1) is 11.8 Å². The van der Waals surface area contributed by atoms with Gasteiger partial charge in [-0.2, -0.15) is 0 Å². The van der Waals surface area contributed by atoms with Crippen LogP contribution in [0.4, 0.5) is 0 Å². The van der Waals surface area contributed by atoms with Crippen molar-refractivity contribution < 1.29 is 19.7 Å². The molecule has 0 aromatic heterocycles. The first-order valence-corrected chi connectivity index (χ1v) is 6.50. The average molecular weight is 254 g/mol. The summed E-state index contributed by atoms with van der Waals surface area (Å²) in [4.78, 5) is 0. The quantitative estimate of drug-likeness (QED) is 0.691. The third-order valence-electron chi connectivity index (χ3n) is 3.93. The minimum atomic E-state index is -0.479. The van der Waals surface area contributed by atoms with Gasteiger partial charge in [-0.3, -0.25) is 0 Å². The zero-order chi connectivity index (χ0) is 13.1. The van der Waals surface area contributed by atoms with Gasteiger partial charge in [0.05, 0.1) is 37.6 Å². The number of hydrogen-bond acceptors (Lipinski definition) is 4. The van der Waals surface area contributed by atoms with Gasteiger partial charge in [-0.15, -0.1) is 13.2 Å². The summed E-state index contributed by atoms with van der Waals surface area (Å²) in [5.74, 6) is -0.0390. The second kappa shape index (κ2) is 5.97. The molecule has 0 aliphatic carbocycles. The van der Waals surface area contributed by atoms with Crippen LogP contribution < -0.4 is 0 Å². The largest absolute Gasteiger partial charge is 0.392 e. The first kappa shape index (κ1) is 13.7. The number of ether oxygens (including phenoxy) is 2. The van der Waals surface area contributed by atoms with Gasteiger partial charge in [0, 0.05) is 11.8 Å². The molecule has 2 N–H and O–H groups in total. The fourth-order valence-corrected chi connectivity index (χ4v) is 2.91. The molecule has 0 radical (unpaired) electrons. The molecule has 0 unspecified atom stereocenters. The van der Waals surface area contributed by atoms with Crippen LogP contribution in [0.1, 0.15) is 12.8 Å². The first-order chi connectivity index (χ1) is 8.69. The molecule has 2 aliphatic rings. The lowest BCUT2D eigenvalue weighted by molar-refractivity contribution is -0.00113. The number of fused-ring (bicyclic) bond motifs is 1. The molecule has 2 aliphatic heterocycles. The summed E-state index contributed by atoms with van der Waals surface area (Å²) in [7, 11) is 0.